The van der Waals surface area contributed by atoms with E-state index in [9.17, 15) is 0 Å². The van der Waals surface area contributed by atoms with Crippen LogP contribution in [0.2, 0.25) is 0 Å². The summed E-state index contributed by atoms with van der Waals surface area (Å²) in [5, 5.41) is 0. The zero-order valence-electron chi connectivity index (χ0n) is 5.11. The van der Waals surface area contributed by atoms with Crippen LogP contribution in [0.15, 0.2) is 0 Å². The number of hydrogen-bond donors (Lipinski definition) is 1. The van der Waals surface area contributed by atoms with Crippen molar-refractivity contribution in [1.29, 1.82) is 0 Å². The average molecular weight is 215 g/mol. The van der Waals surface area contributed by atoms with Crippen molar-refractivity contribution in [1.82, 2.24) is 0 Å². The van der Waals surface area contributed by atoms with E-state index < -0.39 is 6.19 Å². The zero-order chi connectivity index (χ0) is 6.91. The Bertz CT molecular complexity index is 149. The molecule has 2 atom stereocenters. The molecule has 9 heavy (non-hydrogen) atoms. The Hall–Kier alpha value is 0.829. The van der Waals surface area contributed by atoms with Gasteiger partial charge in [-0.2, -0.15) is 0 Å². The van der Waals surface area contributed by atoms with E-state index >= 15 is 0 Å². The topological polar surface area (TPSA) is 38.7 Å². The summed E-state index contributed by atoms with van der Waals surface area (Å²) in [7, 11) is 0. The van der Waals surface area contributed by atoms with Crippen molar-refractivity contribution in [3.05, 3.63) is 0 Å². The SMILES string of the molecule is C[C@H]1CCO[P@@](O)(=[Se])O1. The first-order valence-corrected chi connectivity index (χ1v) is 6.55. The van der Waals surface area contributed by atoms with Crippen LogP contribution in [0.5, 0.6) is 0 Å². The molecule has 0 amide bonds. The van der Waals surface area contributed by atoms with Crippen LogP contribution in [0.4, 0.5) is 0 Å². The van der Waals surface area contributed by atoms with Gasteiger partial charge in [0.15, 0.2) is 0 Å². The van der Waals surface area contributed by atoms with Crippen LogP contribution in [-0.2, 0) is 9.05 Å². The molecule has 0 aromatic heterocycles. The van der Waals surface area contributed by atoms with Crippen molar-refractivity contribution >= 4 is 21.3 Å². The molecule has 5 heteroatoms. The molecule has 3 nitrogen and oxygen atoms in total. The second kappa shape index (κ2) is 2.83. The Morgan fingerprint density at radius 1 is 1.78 bits per heavy atom. The van der Waals surface area contributed by atoms with Gasteiger partial charge >= 0.3 is 61.3 Å². The van der Waals surface area contributed by atoms with Gasteiger partial charge in [0, 0.05) is 0 Å². The molecule has 0 radical (unpaired) electrons. The van der Waals surface area contributed by atoms with Gasteiger partial charge in [0.1, 0.15) is 0 Å². The first-order valence-electron chi connectivity index (χ1n) is 2.76. The molecule has 1 saturated heterocycles. The van der Waals surface area contributed by atoms with Crippen LogP contribution >= 0.6 is 6.19 Å². The van der Waals surface area contributed by atoms with E-state index in [-0.39, 0.29) is 6.10 Å². The fourth-order valence-corrected chi connectivity index (χ4v) is 3.00. The molecule has 0 aromatic carbocycles. The molecule has 1 N–H and O–H groups in total. The third kappa shape index (κ3) is 2.50. The van der Waals surface area contributed by atoms with Crippen molar-refractivity contribution < 1.29 is 13.9 Å². The summed E-state index contributed by atoms with van der Waals surface area (Å²) in [5.41, 5.74) is 0. The van der Waals surface area contributed by atoms with Crippen molar-refractivity contribution in [2.45, 2.75) is 19.4 Å². The molecule has 0 saturated carbocycles. The Morgan fingerprint density at radius 2 is 2.44 bits per heavy atom. The quantitative estimate of drug-likeness (QED) is 0.476. The van der Waals surface area contributed by atoms with E-state index in [1.54, 1.807) is 0 Å². The summed E-state index contributed by atoms with van der Waals surface area (Å²) in [6.45, 7) is 2.52. The Kier molecular flexibility index (Phi) is 2.49. The summed E-state index contributed by atoms with van der Waals surface area (Å²) in [4.78, 5) is 9.16. The van der Waals surface area contributed by atoms with Crippen LogP contribution in [0.1, 0.15) is 13.3 Å². The van der Waals surface area contributed by atoms with E-state index in [2.05, 4.69) is 15.1 Å². The summed E-state index contributed by atoms with van der Waals surface area (Å²) in [6, 6.07) is 0. The van der Waals surface area contributed by atoms with Gasteiger partial charge in [0.05, 0.1) is 0 Å². The summed E-state index contributed by atoms with van der Waals surface area (Å²) in [5.74, 6) is 0. The molecular formula is C4H9O3PSe. The van der Waals surface area contributed by atoms with Crippen LogP contribution in [0.3, 0.4) is 0 Å². The average Bonchev–Trinajstić information content (AvgIpc) is 1.60. The molecule has 0 unspecified atom stereocenters. The zero-order valence-corrected chi connectivity index (χ0v) is 7.72. The predicted octanol–water partition coefficient (Wildman–Crippen LogP) is 0.650. The maximum absolute atomic E-state index is 9.16. The number of hydrogen-bond acceptors (Lipinski definition) is 3. The van der Waals surface area contributed by atoms with Gasteiger partial charge in [-0.15, -0.1) is 0 Å². The standard InChI is InChI=1S/C4H9O3PSe/c1-4-2-3-6-8(5,9)7-4/h4H,2-3H2,1H3,(H,5,9)/t4-,8+/m0/s1. The molecule has 0 spiro atoms. The van der Waals surface area contributed by atoms with Crippen LogP contribution < -0.4 is 0 Å². The predicted molar refractivity (Wildman–Crippen MR) is 36.0 cm³/mol. The van der Waals surface area contributed by atoms with Crippen molar-refractivity contribution in [3.8, 4) is 0 Å². The Morgan fingerprint density at radius 3 is 2.78 bits per heavy atom. The Labute approximate surface area is 61.8 Å². The fraction of sp³-hybridized carbons (Fsp3) is 1.00. The summed E-state index contributed by atoms with van der Waals surface area (Å²) < 4.78 is 9.99. The molecule has 1 heterocycles. The second-order valence-electron chi connectivity index (χ2n) is 2.01. The molecule has 1 aliphatic heterocycles. The third-order valence-electron chi connectivity index (χ3n) is 1.09. The maximum atomic E-state index is 9.16. The van der Waals surface area contributed by atoms with Crippen molar-refractivity contribution in [2.75, 3.05) is 6.61 Å². The Balaban J connectivity index is 2.51. The summed E-state index contributed by atoms with van der Waals surface area (Å²) >= 11 is 2.51. The minimum absolute atomic E-state index is 0.123. The second-order valence-corrected chi connectivity index (χ2v) is 6.32. The van der Waals surface area contributed by atoms with Gasteiger partial charge in [-0.1, -0.05) is 0 Å². The molecule has 0 aliphatic carbocycles. The van der Waals surface area contributed by atoms with Gasteiger partial charge < -0.3 is 0 Å². The third-order valence-corrected chi connectivity index (χ3v) is 3.43. The van der Waals surface area contributed by atoms with Crippen LogP contribution in [-0.4, -0.2) is 32.7 Å². The van der Waals surface area contributed by atoms with Crippen molar-refractivity contribution in [3.63, 3.8) is 0 Å². The molecule has 0 aromatic rings. The van der Waals surface area contributed by atoms with Gasteiger partial charge in [0.25, 0.3) is 0 Å². The van der Waals surface area contributed by atoms with E-state index in [4.69, 9.17) is 13.9 Å². The van der Waals surface area contributed by atoms with Gasteiger partial charge in [0.2, 0.25) is 0 Å². The first kappa shape index (κ1) is 7.93. The van der Waals surface area contributed by atoms with Gasteiger partial charge in [-0.05, 0) is 0 Å². The van der Waals surface area contributed by atoms with E-state index in [0.29, 0.717) is 6.61 Å². The minimum atomic E-state index is -2.52. The van der Waals surface area contributed by atoms with E-state index in [1.165, 1.54) is 0 Å². The monoisotopic (exact) mass is 216 g/mol. The van der Waals surface area contributed by atoms with Crippen molar-refractivity contribution in [2.24, 2.45) is 0 Å². The first-order chi connectivity index (χ1) is 4.10. The van der Waals surface area contributed by atoms with Gasteiger partial charge in [-0.3, -0.25) is 0 Å². The molecular weight excluding hydrogens is 206 g/mol. The van der Waals surface area contributed by atoms with Crippen LogP contribution in [0.25, 0.3) is 0 Å². The van der Waals surface area contributed by atoms with E-state index in [0.717, 1.165) is 6.42 Å². The molecule has 1 rings (SSSR count). The fourth-order valence-electron chi connectivity index (χ4n) is 0.645. The molecule has 1 aliphatic rings. The molecule has 0 bridgehead atoms. The number of rotatable bonds is 0. The van der Waals surface area contributed by atoms with Crippen LogP contribution in [0, 0.1) is 0 Å². The molecule has 1 fully saturated rings. The van der Waals surface area contributed by atoms with E-state index in [1.807, 2.05) is 6.92 Å². The normalized spacial score (nSPS) is 44.9. The summed E-state index contributed by atoms with van der Waals surface area (Å²) in [6.07, 6.45) is -1.53. The van der Waals surface area contributed by atoms with Gasteiger partial charge in [-0.25, -0.2) is 0 Å². The molecule has 54 valence electrons.